The topological polar surface area (TPSA) is 35.8 Å². The molecule has 0 heterocycles. The van der Waals surface area contributed by atoms with E-state index in [1.165, 1.54) is 6.42 Å². The van der Waals surface area contributed by atoms with Crippen LogP contribution in [0.4, 0.5) is 0 Å². The van der Waals surface area contributed by atoms with Gasteiger partial charge in [-0.25, -0.2) is 0 Å². The van der Waals surface area contributed by atoms with Gasteiger partial charge in [-0.05, 0) is 19.9 Å². The molecule has 0 amide bonds. The normalized spacial score (nSPS) is 20.0. The number of hydrogen-bond acceptors (Lipinski definition) is 2. The molecule has 1 N–H and O–H groups in total. The molecule has 2 nitrogen and oxygen atoms in total. The zero-order valence-electron chi connectivity index (χ0n) is 6.18. The Hall–Kier alpha value is -0.260. The van der Waals surface area contributed by atoms with Crippen molar-refractivity contribution >= 4 is 12.4 Å². The highest BCUT2D eigenvalue weighted by molar-refractivity contribution is 5.85. The first-order valence-corrected chi connectivity index (χ1v) is 3.39. The van der Waals surface area contributed by atoms with Gasteiger partial charge < -0.3 is 5.32 Å². The summed E-state index contributed by atoms with van der Waals surface area (Å²) in [7, 11) is 1.90. The van der Waals surface area contributed by atoms with Crippen molar-refractivity contribution in [3.05, 3.63) is 0 Å². The molecule has 1 saturated carbocycles. The summed E-state index contributed by atoms with van der Waals surface area (Å²) in [6.45, 7) is 0.865. The molecule has 0 radical (unpaired) electrons. The number of nitrogens with one attached hydrogen (secondary N) is 1. The summed E-state index contributed by atoms with van der Waals surface area (Å²) < 4.78 is 0. The molecular formula is C7H13ClN2. The van der Waals surface area contributed by atoms with Crippen LogP contribution in [0.2, 0.25) is 0 Å². The van der Waals surface area contributed by atoms with Gasteiger partial charge in [-0.1, -0.05) is 6.42 Å². The van der Waals surface area contributed by atoms with Gasteiger partial charge in [0.15, 0.2) is 0 Å². The van der Waals surface area contributed by atoms with Crippen molar-refractivity contribution in [2.24, 2.45) is 5.41 Å². The molecular weight excluding hydrogens is 148 g/mol. The molecule has 0 unspecified atom stereocenters. The van der Waals surface area contributed by atoms with Crippen molar-refractivity contribution in [1.29, 1.82) is 5.26 Å². The van der Waals surface area contributed by atoms with Gasteiger partial charge in [0, 0.05) is 6.54 Å². The second kappa shape index (κ2) is 3.80. The maximum Gasteiger partial charge on any atom is 0.0703 e. The molecule has 3 heteroatoms. The zero-order chi connectivity index (χ0) is 6.74. The highest BCUT2D eigenvalue weighted by atomic mass is 35.5. The lowest BCUT2D eigenvalue weighted by atomic mass is 9.70. The van der Waals surface area contributed by atoms with Gasteiger partial charge in [-0.3, -0.25) is 0 Å². The lowest BCUT2D eigenvalue weighted by Gasteiger charge is -2.34. The minimum atomic E-state index is 0. The molecule has 1 rings (SSSR count). The van der Waals surface area contributed by atoms with Crippen molar-refractivity contribution < 1.29 is 0 Å². The molecule has 0 aromatic carbocycles. The third kappa shape index (κ3) is 1.62. The SMILES string of the molecule is CNCC1(C#N)CCC1.Cl. The summed E-state index contributed by atoms with van der Waals surface area (Å²) in [5, 5.41) is 11.7. The van der Waals surface area contributed by atoms with E-state index in [1.807, 2.05) is 7.05 Å². The van der Waals surface area contributed by atoms with Gasteiger partial charge in [0.25, 0.3) is 0 Å². The second-order valence-electron chi connectivity index (χ2n) is 2.78. The van der Waals surface area contributed by atoms with Gasteiger partial charge in [0.05, 0.1) is 11.5 Å². The van der Waals surface area contributed by atoms with E-state index in [4.69, 9.17) is 5.26 Å². The number of halogens is 1. The van der Waals surface area contributed by atoms with Gasteiger partial charge >= 0.3 is 0 Å². The molecule has 0 saturated heterocycles. The summed E-state index contributed by atoms with van der Waals surface area (Å²) in [6, 6.07) is 2.35. The molecule has 0 spiro atoms. The maximum atomic E-state index is 8.68. The average Bonchev–Trinajstić information content (AvgIpc) is 1.79. The predicted molar refractivity (Wildman–Crippen MR) is 43.1 cm³/mol. The van der Waals surface area contributed by atoms with Crippen LogP contribution in [-0.4, -0.2) is 13.6 Å². The molecule has 10 heavy (non-hydrogen) atoms. The van der Waals surface area contributed by atoms with E-state index >= 15 is 0 Å². The average molecular weight is 161 g/mol. The third-order valence-corrected chi connectivity index (χ3v) is 2.06. The number of nitrogens with zero attached hydrogens (tertiary/aromatic N) is 1. The van der Waals surface area contributed by atoms with Crippen molar-refractivity contribution in [3.63, 3.8) is 0 Å². The Bertz CT molecular complexity index is 135. The summed E-state index contributed by atoms with van der Waals surface area (Å²) in [4.78, 5) is 0. The van der Waals surface area contributed by atoms with Gasteiger partial charge in [0.1, 0.15) is 0 Å². The molecule has 0 bridgehead atoms. The largest absolute Gasteiger partial charge is 0.318 e. The predicted octanol–water partition coefficient (Wildman–Crippen LogP) is 1.32. The van der Waals surface area contributed by atoms with E-state index in [0.29, 0.717) is 0 Å². The van der Waals surface area contributed by atoms with Crippen LogP contribution in [0.1, 0.15) is 19.3 Å². The third-order valence-electron chi connectivity index (χ3n) is 2.06. The Morgan fingerprint density at radius 2 is 2.20 bits per heavy atom. The van der Waals surface area contributed by atoms with E-state index in [0.717, 1.165) is 19.4 Å². The molecule has 0 aromatic rings. The Morgan fingerprint density at radius 1 is 1.60 bits per heavy atom. The zero-order valence-corrected chi connectivity index (χ0v) is 7.00. The summed E-state index contributed by atoms with van der Waals surface area (Å²) in [6.07, 6.45) is 3.41. The van der Waals surface area contributed by atoms with Crippen LogP contribution in [-0.2, 0) is 0 Å². The van der Waals surface area contributed by atoms with Gasteiger partial charge in [0.2, 0.25) is 0 Å². The van der Waals surface area contributed by atoms with Crippen LogP contribution in [0, 0.1) is 16.7 Å². The second-order valence-corrected chi connectivity index (χ2v) is 2.78. The van der Waals surface area contributed by atoms with Crippen molar-refractivity contribution in [1.82, 2.24) is 5.32 Å². The summed E-state index contributed by atoms with van der Waals surface area (Å²) in [5.41, 5.74) is 0.00868. The molecule has 1 aliphatic carbocycles. The fourth-order valence-electron chi connectivity index (χ4n) is 1.27. The smallest absolute Gasteiger partial charge is 0.0703 e. The fraction of sp³-hybridized carbons (Fsp3) is 0.857. The van der Waals surface area contributed by atoms with Crippen LogP contribution in [0.5, 0.6) is 0 Å². The van der Waals surface area contributed by atoms with Crippen molar-refractivity contribution in [3.8, 4) is 6.07 Å². The van der Waals surface area contributed by atoms with E-state index in [2.05, 4.69) is 11.4 Å². The Balaban J connectivity index is 0.000000810. The van der Waals surface area contributed by atoms with Gasteiger partial charge in [-0.15, -0.1) is 12.4 Å². The van der Waals surface area contributed by atoms with Crippen molar-refractivity contribution in [2.45, 2.75) is 19.3 Å². The number of nitriles is 1. The minimum Gasteiger partial charge on any atom is -0.318 e. The molecule has 0 aromatic heterocycles. The van der Waals surface area contributed by atoms with Crippen LogP contribution >= 0.6 is 12.4 Å². The van der Waals surface area contributed by atoms with E-state index in [-0.39, 0.29) is 17.8 Å². The van der Waals surface area contributed by atoms with Crippen LogP contribution < -0.4 is 5.32 Å². The molecule has 0 aliphatic heterocycles. The molecule has 1 fully saturated rings. The highest BCUT2D eigenvalue weighted by Crippen LogP contribution is 2.39. The first-order valence-electron chi connectivity index (χ1n) is 3.39. The van der Waals surface area contributed by atoms with Crippen LogP contribution in [0.3, 0.4) is 0 Å². The Labute approximate surface area is 68.0 Å². The fourth-order valence-corrected chi connectivity index (χ4v) is 1.27. The summed E-state index contributed by atoms with van der Waals surface area (Å²) in [5.74, 6) is 0. The standard InChI is InChI=1S/C7H12N2.ClH/c1-9-6-7(5-8)3-2-4-7;/h9H,2-4,6H2,1H3;1H. The Kier molecular flexibility index (Phi) is 3.70. The Morgan fingerprint density at radius 3 is 2.30 bits per heavy atom. The van der Waals surface area contributed by atoms with E-state index in [1.54, 1.807) is 0 Å². The minimum absolute atomic E-state index is 0. The first kappa shape index (κ1) is 9.74. The van der Waals surface area contributed by atoms with Crippen molar-refractivity contribution in [2.75, 3.05) is 13.6 Å². The summed E-state index contributed by atoms with van der Waals surface area (Å²) >= 11 is 0. The van der Waals surface area contributed by atoms with E-state index < -0.39 is 0 Å². The lowest BCUT2D eigenvalue weighted by Crippen LogP contribution is -2.37. The highest BCUT2D eigenvalue weighted by Gasteiger charge is 2.36. The monoisotopic (exact) mass is 160 g/mol. The first-order chi connectivity index (χ1) is 4.33. The number of rotatable bonds is 2. The molecule has 0 atom stereocenters. The van der Waals surface area contributed by atoms with Crippen LogP contribution in [0.15, 0.2) is 0 Å². The van der Waals surface area contributed by atoms with Crippen LogP contribution in [0.25, 0.3) is 0 Å². The number of hydrogen-bond donors (Lipinski definition) is 1. The lowest BCUT2D eigenvalue weighted by molar-refractivity contribution is 0.212. The maximum absolute atomic E-state index is 8.68. The van der Waals surface area contributed by atoms with E-state index in [9.17, 15) is 0 Å². The quantitative estimate of drug-likeness (QED) is 0.662. The van der Waals surface area contributed by atoms with Gasteiger partial charge in [-0.2, -0.15) is 5.26 Å². The molecule has 1 aliphatic rings. The molecule has 58 valence electrons.